The molecule has 2 heterocycles. The van der Waals surface area contributed by atoms with Gasteiger partial charge in [0.05, 0.1) is 12.2 Å². The first-order valence-corrected chi connectivity index (χ1v) is 7.01. The van der Waals surface area contributed by atoms with Crippen molar-refractivity contribution < 1.29 is 14.3 Å². The normalized spacial score (nSPS) is 11.2. The van der Waals surface area contributed by atoms with Crippen molar-refractivity contribution in [3.63, 3.8) is 0 Å². The smallest absolute Gasteiger partial charge is 0.270 e. The van der Waals surface area contributed by atoms with Gasteiger partial charge in [0.1, 0.15) is 11.3 Å². The predicted octanol–water partition coefficient (Wildman–Crippen LogP) is 1.64. The second-order valence-corrected chi connectivity index (χ2v) is 4.70. The van der Waals surface area contributed by atoms with Crippen LogP contribution < -0.4 is 5.32 Å². The third-order valence-corrected chi connectivity index (χ3v) is 3.26. The summed E-state index contributed by atoms with van der Waals surface area (Å²) in [6, 6.07) is 5.68. The topological polar surface area (TPSA) is 64.9 Å². The molecule has 114 valence electrons. The van der Waals surface area contributed by atoms with Crippen molar-refractivity contribution in [1.29, 1.82) is 0 Å². The van der Waals surface area contributed by atoms with Crippen LogP contribution in [0, 0.1) is 0 Å². The lowest BCUT2D eigenvalue weighted by atomic mass is 10.2. The highest BCUT2D eigenvalue weighted by atomic mass is 16.7. The van der Waals surface area contributed by atoms with Gasteiger partial charge in [-0.15, -0.1) is 0 Å². The van der Waals surface area contributed by atoms with Crippen molar-refractivity contribution in [2.45, 2.75) is 26.1 Å². The molecule has 21 heavy (non-hydrogen) atoms. The molecule has 0 radical (unpaired) electrons. The molecule has 0 saturated carbocycles. The fourth-order valence-corrected chi connectivity index (χ4v) is 2.22. The Morgan fingerprint density at radius 3 is 2.81 bits per heavy atom. The number of methoxy groups -OCH3 is 2. The SMILES string of the molecule is CCCc1nc2ccccn2c1C(=O)NCC(OC)OC. The lowest BCUT2D eigenvalue weighted by molar-refractivity contribution is -0.0974. The zero-order valence-corrected chi connectivity index (χ0v) is 12.6. The summed E-state index contributed by atoms with van der Waals surface area (Å²) in [7, 11) is 3.08. The van der Waals surface area contributed by atoms with E-state index in [4.69, 9.17) is 9.47 Å². The highest BCUT2D eigenvalue weighted by Crippen LogP contribution is 2.14. The van der Waals surface area contributed by atoms with E-state index in [0.717, 1.165) is 24.2 Å². The molecule has 0 unspecified atom stereocenters. The minimum absolute atomic E-state index is 0.170. The van der Waals surface area contributed by atoms with Gasteiger partial charge in [-0.1, -0.05) is 19.4 Å². The molecule has 1 N–H and O–H groups in total. The minimum Gasteiger partial charge on any atom is -0.354 e. The van der Waals surface area contributed by atoms with Gasteiger partial charge in [0.25, 0.3) is 5.91 Å². The van der Waals surface area contributed by atoms with E-state index >= 15 is 0 Å². The first-order valence-electron chi connectivity index (χ1n) is 7.01. The predicted molar refractivity (Wildman–Crippen MR) is 79.3 cm³/mol. The Labute approximate surface area is 124 Å². The highest BCUT2D eigenvalue weighted by Gasteiger charge is 2.19. The molecule has 1 amide bonds. The maximum Gasteiger partial charge on any atom is 0.270 e. The Morgan fingerprint density at radius 2 is 2.14 bits per heavy atom. The molecule has 0 aliphatic heterocycles. The van der Waals surface area contributed by atoms with Crippen molar-refractivity contribution >= 4 is 11.6 Å². The molecule has 0 atom stereocenters. The molecule has 6 heteroatoms. The van der Waals surface area contributed by atoms with Crippen LogP contribution >= 0.6 is 0 Å². The molecule has 0 saturated heterocycles. The van der Waals surface area contributed by atoms with Crippen LogP contribution in [-0.2, 0) is 15.9 Å². The Balaban J connectivity index is 2.26. The third-order valence-electron chi connectivity index (χ3n) is 3.26. The Hall–Kier alpha value is -1.92. The number of fused-ring (bicyclic) bond motifs is 1. The third kappa shape index (κ3) is 3.40. The zero-order chi connectivity index (χ0) is 15.2. The molecule has 2 aromatic heterocycles. The minimum atomic E-state index is -0.456. The van der Waals surface area contributed by atoms with Crippen LogP contribution in [0.4, 0.5) is 0 Å². The molecule has 0 aliphatic rings. The number of hydrogen-bond acceptors (Lipinski definition) is 4. The van der Waals surface area contributed by atoms with Crippen LogP contribution in [-0.4, -0.2) is 42.3 Å². The van der Waals surface area contributed by atoms with Crippen molar-refractivity contribution in [2.24, 2.45) is 0 Å². The van der Waals surface area contributed by atoms with Gasteiger partial charge in [-0.25, -0.2) is 4.98 Å². The summed E-state index contributed by atoms with van der Waals surface area (Å²) in [6.45, 7) is 2.36. The number of ether oxygens (including phenoxy) is 2. The number of imidazole rings is 1. The van der Waals surface area contributed by atoms with Gasteiger partial charge in [-0.3, -0.25) is 9.20 Å². The van der Waals surface area contributed by atoms with E-state index in [1.807, 2.05) is 28.8 Å². The molecule has 6 nitrogen and oxygen atoms in total. The van der Waals surface area contributed by atoms with Crippen LogP contribution in [0.15, 0.2) is 24.4 Å². The molecule has 0 aliphatic carbocycles. The second kappa shape index (κ2) is 7.19. The number of rotatable bonds is 7. The lowest BCUT2D eigenvalue weighted by Crippen LogP contribution is -2.35. The van der Waals surface area contributed by atoms with Crippen LogP contribution in [0.3, 0.4) is 0 Å². The molecule has 2 rings (SSSR count). The summed E-state index contributed by atoms with van der Waals surface area (Å²) in [5.41, 5.74) is 2.17. The van der Waals surface area contributed by atoms with E-state index < -0.39 is 6.29 Å². The van der Waals surface area contributed by atoms with Crippen LogP contribution in [0.2, 0.25) is 0 Å². The van der Waals surface area contributed by atoms with E-state index in [-0.39, 0.29) is 12.5 Å². The largest absolute Gasteiger partial charge is 0.354 e. The molecule has 2 aromatic rings. The van der Waals surface area contributed by atoms with Crippen LogP contribution in [0.5, 0.6) is 0 Å². The van der Waals surface area contributed by atoms with E-state index in [9.17, 15) is 4.79 Å². The highest BCUT2D eigenvalue weighted by molar-refractivity contribution is 5.94. The number of amides is 1. The summed E-state index contributed by atoms with van der Waals surface area (Å²) in [5, 5.41) is 2.83. The average Bonchev–Trinajstić information content (AvgIpc) is 2.86. The Kier molecular flexibility index (Phi) is 5.30. The maximum absolute atomic E-state index is 12.5. The van der Waals surface area contributed by atoms with E-state index in [0.29, 0.717) is 5.69 Å². The van der Waals surface area contributed by atoms with Gasteiger partial charge >= 0.3 is 0 Å². The number of aryl methyl sites for hydroxylation is 1. The summed E-state index contributed by atoms with van der Waals surface area (Å²) in [5.74, 6) is -0.170. The van der Waals surface area contributed by atoms with Crippen LogP contribution in [0.1, 0.15) is 29.5 Å². The summed E-state index contributed by atoms with van der Waals surface area (Å²) >= 11 is 0. The molecule has 0 aromatic carbocycles. The first-order chi connectivity index (χ1) is 10.2. The van der Waals surface area contributed by atoms with Gasteiger partial charge in [-0.05, 0) is 18.6 Å². The molecular weight excluding hydrogens is 270 g/mol. The van der Waals surface area contributed by atoms with Gasteiger partial charge in [0.2, 0.25) is 0 Å². The Bertz CT molecular complexity index is 605. The summed E-state index contributed by atoms with van der Waals surface area (Å²) in [6.07, 6.45) is 3.09. The number of carbonyl (C=O) groups excluding carboxylic acids is 1. The average molecular weight is 291 g/mol. The van der Waals surface area contributed by atoms with Gasteiger partial charge in [0, 0.05) is 20.4 Å². The molecular formula is C15H21N3O3. The first kappa shape index (κ1) is 15.5. The van der Waals surface area contributed by atoms with Gasteiger partial charge in [-0.2, -0.15) is 0 Å². The summed E-state index contributed by atoms with van der Waals surface area (Å²) in [4.78, 5) is 17.0. The summed E-state index contributed by atoms with van der Waals surface area (Å²) < 4.78 is 12.0. The number of hydrogen-bond donors (Lipinski definition) is 1. The molecule has 0 fully saturated rings. The number of nitrogens with zero attached hydrogens (tertiary/aromatic N) is 2. The number of carbonyl (C=O) groups is 1. The number of aromatic nitrogens is 2. The fraction of sp³-hybridized carbons (Fsp3) is 0.467. The van der Waals surface area contributed by atoms with Gasteiger partial charge in [0.15, 0.2) is 6.29 Å². The maximum atomic E-state index is 12.5. The number of pyridine rings is 1. The quantitative estimate of drug-likeness (QED) is 0.788. The zero-order valence-electron chi connectivity index (χ0n) is 12.6. The lowest BCUT2D eigenvalue weighted by Gasteiger charge is -2.14. The number of nitrogens with one attached hydrogen (secondary N) is 1. The van der Waals surface area contributed by atoms with E-state index in [1.165, 1.54) is 14.2 Å². The van der Waals surface area contributed by atoms with Crippen LogP contribution in [0.25, 0.3) is 5.65 Å². The fourth-order valence-electron chi connectivity index (χ4n) is 2.22. The standard InChI is InChI=1S/C15H21N3O3/c1-4-7-11-14(15(19)16-10-13(20-2)21-3)18-9-6-5-8-12(18)17-11/h5-6,8-9,13H,4,7,10H2,1-3H3,(H,16,19). The molecule has 0 spiro atoms. The van der Waals surface area contributed by atoms with E-state index in [2.05, 4.69) is 17.2 Å². The van der Waals surface area contributed by atoms with Gasteiger partial charge < -0.3 is 14.8 Å². The second-order valence-electron chi connectivity index (χ2n) is 4.70. The molecule has 0 bridgehead atoms. The van der Waals surface area contributed by atoms with Crippen molar-refractivity contribution in [3.8, 4) is 0 Å². The Morgan fingerprint density at radius 1 is 1.38 bits per heavy atom. The van der Waals surface area contributed by atoms with Crippen molar-refractivity contribution in [3.05, 3.63) is 35.8 Å². The van der Waals surface area contributed by atoms with E-state index in [1.54, 1.807) is 0 Å². The van der Waals surface area contributed by atoms with Crippen molar-refractivity contribution in [2.75, 3.05) is 20.8 Å². The van der Waals surface area contributed by atoms with Crippen molar-refractivity contribution in [1.82, 2.24) is 14.7 Å². The monoisotopic (exact) mass is 291 g/mol.